The van der Waals surface area contributed by atoms with Gasteiger partial charge in [-0.3, -0.25) is 0 Å². The van der Waals surface area contributed by atoms with E-state index < -0.39 is 11.8 Å². The molecule has 0 atom stereocenters. The van der Waals surface area contributed by atoms with Gasteiger partial charge in [-0.1, -0.05) is 11.6 Å². The molecule has 0 saturated heterocycles. The molecule has 28 heavy (non-hydrogen) atoms. The van der Waals surface area contributed by atoms with Crippen LogP contribution < -0.4 is 4.74 Å². The fourth-order valence-electron chi connectivity index (χ4n) is 2.54. The summed E-state index contributed by atoms with van der Waals surface area (Å²) in [6, 6.07) is 10.4. The molecule has 0 radical (unpaired) electrons. The topological polar surface area (TPSA) is 48.2 Å². The van der Waals surface area contributed by atoms with Crippen molar-refractivity contribution in [1.29, 1.82) is 0 Å². The van der Waals surface area contributed by atoms with Gasteiger partial charge in [-0.05, 0) is 36.4 Å². The number of rotatable bonds is 4. The molecule has 140 valence electrons. The number of hydrogen-bond donors (Lipinski definition) is 1. The lowest BCUT2D eigenvalue weighted by atomic mass is 10.1. The molecule has 0 aliphatic heterocycles. The summed E-state index contributed by atoms with van der Waals surface area (Å²) in [7, 11) is 0. The minimum Gasteiger partial charge on any atom is -0.472 e. The van der Waals surface area contributed by atoms with Crippen LogP contribution in [0.5, 0.6) is 11.5 Å². The highest BCUT2D eigenvalue weighted by Crippen LogP contribution is 2.38. The highest BCUT2D eigenvalue weighted by molar-refractivity contribution is 7.80. The largest absolute Gasteiger partial charge is 0.472 e. The molecule has 0 aliphatic rings. The van der Waals surface area contributed by atoms with Crippen molar-refractivity contribution < 1.29 is 17.9 Å². The Morgan fingerprint density at radius 2 is 1.86 bits per heavy atom. The number of furan rings is 1. The first kappa shape index (κ1) is 18.5. The molecule has 8 heteroatoms. The lowest BCUT2D eigenvalue weighted by Gasteiger charge is -2.13. The molecule has 0 spiro atoms. The zero-order valence-corrected chi connectivity index (χ0v) is 15.7. The van der Waals surface area contributed by atoms with Gasteiger partial charge in [-0.2, -0.15) is 4.39 Å². The van der Waals surface area contributed by atoms with Crippen LogP contribution in [0.2, 0.25) is 5.02 Å². The normalized spacial score (nSPS) is 10.9. The van der Waals surface area contributed by atoms with Crippen LogP contribution in [0.25, 0.3) is 22.5 Å². The van der Waals surface area contributed by atoms with Crippen molar-refractivity contribution in [2.75, 3.05) is 0 Å². The summed E-state index contributed by atoms with van der Waals surface area (Å²) in [5.74, 6) is -0.675. The number of ether oxygens (including phenoxy) is 1. The molecular weight excluding hydrogens is 406 g/mol. The first-order valence-corrected chi connectivity index (χ1v) is 8.85. The van der Waals surface area contributed by atoms with Crippen LogP contribution in [0.3, 0.4) is 0 Å². The van der Waals surface area contributed by atoms with Gasteiger partial charge in [0.15, 0.2) is 5.75 Å². The second kappa shape index (κ2) is 7.61. The van der Waals surface area contributed by atoms with E-state index in [-0.39, 0.29) is 15.7 Å². The molecule has 4 rings (SSSR count). The van der Waals surface area contributed by atoms with Crippen molar-refractivity contribution >= 4 is 24.2 Å². The average Bonchev–Trinajstić information content (AvgIpc) is 3.22. The van der Waals surface area contributed by atoms with E-state index in [0.29, 0.717) is 28.3 Å². The minimum atomic E-state index is -0.580. The van der Waals surface area contributed by atoms with Crippen LogP contribution in [-0.2, 0) is 0 Å². The van der Waals surface area contributed by atoms with Crippen LogP contribution in [0.1, 0.15) is 0 Å². The molecule has 0 unspecified atom stereocenters. The number of aromatic nitrogens is 2. The Labute approximate surface area is 169 Å². The van der Waals surface area contributed by atoms with E-state index in [0.717, 1.165) is 6.07 Å². The predicted octanol–water partition coefficient (Wildman–Crippen LogP) is 6.42. The molecule has 3 aromatic heterocycles. The summed E-state index contributed by atoms with van der Waals surface area (Å²) in [5.41, 5.74) is 2.27. The van der Waals surface area contributed by atoms with Crippen molar-refractivity contribution in [3.8, 4) is 34.0 Å². The Morgan fingerprint density at radius 3 is 2.57 bits per heavy atom. The van der Waals surface area contributed by atoms with Crippen molar-refractivity contribution in [3.05, 3.63) is 78.0 Å². The Hall–Kier alpha value is -2.90. The number of thiol groups is 1. The molecule has 1 aromatic carbocycles. The molecule has 0 fully saturated rings. The van der Waals surface area contributed by atoms with E-state index in [2.05, 4.69) is 22.6 Å². The maximum absolute atomic E-state index is 13.9. The molecule has 0 aliphatic carbocycles. The monoisotopic (exact) mass is 416 g/mol. The number of pyridine rings is 2. The van der Waals surface area contributed by atoms with Gasteiger partial charge in [0.1, 0.15) is 17.3 Å². The fourth-order valence-corrected chi connectivity index (χ4v) is 3.01. The quantitative estimate of drug-likeness (QED) is 0.308. The maximum atomic E-state index is 13.9. The van der Waals surface area contributed by atoms with Gasteiger partial charge in [-0.25, -0.2) is 14.4 Å². The lowest BCUT2D eigenvalue weighted by Crippen LogP contribution is -1.95. The zero-order chi connectivity index (χ0) is 19.7. The van der Waals surface area contributed by atoms with Gasteiger partial charge in [-0.15, -0.1) is 12.6 Å². The Morgan fingerprint density at radius 1 is 1.00 bits per heavy atom. The number of benzene rings is 1. The summed E-state index contributed by atoms with van der Waals surface area (Å²) in [6.45, 7) is 0. The third-order valence-corrected chi connectivity index (χ3v) is 4.54. The predicted molar refractivity (Wildman–Crippen MR) is 104 cm³/mol. The molecule has 4 aromatic rings. The molecule has 4 nitrogen and oxygen atoms in total. The lowest BCUT2D eigenvalue weighted by molar-refractivity contribution is 0.474. The summed E-state index contributed by atoms with van der Waals surface area (Å²) in [6.07, 6.45) is 4.38. The Kier molecular flexibility index (Phi) is 5.02. The molecule has 3 heterocycles. The SMILES string of the molecule is Fc1ccc(-c2ccc(Oc3cc(F)c(S)cc3Cl)c(-c3ccoc3)n2)cn1. The van der Waals surface area contributed by atoms with Gasteiger partial charge >= 0.3 is 0 Å². The summed E-state index contributed by atoms with van der Waals surface area (Å²) in [4.78, 5) is 8.34. The van der Waals surface area contributed by atoms with E-state index in [1.807, 2.05) is 0 Å². The fraction of sp³-hybridized carbons (Fsp3) is 0. The van der Waals surface area contributed by atoms with E-state index in [1.54, 1.807) is 24.3 Å². The van der Waals surface area contributed by atoms with Gasteiger partial charge in [0.05, 0.1) is 23.2 Å². The highest BCUT2D eigenvalue weighted by atomic mass is 35.5. The van der Waals surface area contributed by atoms with Gasteiger partial charge in [0.2, 0.25) is 5.95 Å². The van der Waals surface area contributed by atoms with Crippen LogP contribution in [0, 0.1) is 11.8 Å². The van der Waals surface area contributed by atoms with Crippen molar-refractivity contribution in [3.63, 3.8) is 0 Å². The van der Waals surface area contributed by atoms with Crippen LogP contribution >= 0.6 is 24.2 Å². The van der Waals surface area contributed by atoms with Crippen LogP contribution in [-0.4, -0.2) is 9.97 Å². The molecule has 0 saturated carbocycles. The number of nitrogens with zero attached hydrogens (tertiary/aromatic N) is 2. The van der Waals surface area contributed by atoms with Crippen molar-refractivity contribution in [2.45, 2.75) is 4.90 Å². The van der Waals surface area contributed by atoms with Crippen LogP contribution in [0.15, 0.2) is 70.5 Å². The van der Waals surface area contributed by atoms with E-state index in [1.165, 1.54) is 30.9 Å². The Balaban J connectivity index is 1.79. The molecule has 0 bridgehead atoms. The van der Waals surface area contributed by atoms with E-state index >= 15 is 0 Å². The first-order chi connectivity index (χ1) is 13.5. The van der Waals surface area contributed by atoms with E-state index in [9.17, 15) is 8.78 Å². The van der Waals surface area contributed by atoms with Gasteiger partial charge in [0, 0.05) is 28.3 Å². The van der Waals surface area contributed by atoms with Crippen LogP contribution in [0.4, 0.5) is 8.78 Å². The van der Waals surface area contributed by atoms with Gasteiger partial charge in [0.25, 0.3) is 0 Å². The summed E-state index contributed by atoms with van der Waals surface area (Å²) >= 11 is 10.1. The molecule has 0 N–H and O–H groups in total. The minimum absolute atomic E-state index is 0.115. The smallest absolute Gasteiger partial charge is 0.212 e. The maximum Gasteiger partial charge on any atom is 0.212 e. The van der Waals surface area contributed by atoms with Crippen molar-refractivity contribution in [2.24, 2.45) is 0 Å². The second-order valence-electron chi connectivity index (χ2n) is 5.76. The average molecular weight is 417 g/mol. The molecular formula is C20H11ClF2N2O2S. The highest BCUT2D eigenvalue weighted by Gasteiger charge is 2.16. The summed E-state index contributed by atoms with van der Waals surface area (Å²) in [5, 5.41) is 0.205. The summed E-state index contributed by atoms with van der Waals surface area (Å²) < 4.78 is 37.9. The third-order valence-electron chi connectivity index (χ3n) is 3.90. The van der Waals surface area contributed by atoms with E-state index in [4.69, 9.17) is 20.8 Å². The zero-order valence-electron chi connectivity index (χ0n) is 14.1. The standard InChI is InChI=1S/C20H11ClF2N2O2S/c21-13-7-18(28)14(22)8-17(13)27-16-3-2-15(11-1-4-19(23)24-9-11)25-20(16)12-5-6-26-10-12/h1-10,28H. The first-order valence-electron chi connectivity index (χ1n) is 8.02. The second-order valence-corrected chi connectivity index (χ2v) is 6.65. The van der Waals surface area contributed by atoms with Gasteiger partial charge < -0.3 is 9.15 Å². The number of halogens is 3. The molecule has 0 amide bonds. The third kappa shape index (κ3) is 3.72. The Bertz CT molecular complexity index is 1140. The number of hydrogen-bond acceptors (Lipinski definition) is 5. The van der Waals surface area contributed by atoms with Crippen molar-refractivity contribution in [1.82, 2.24) is 9.97 Å².